The maximum Gasteiger partial charge on any atom is 0.183 e. The number of aliphatic hydroxyl groups excluding tert-OH is 2. The smallest absolute Gasteiger partial charge is 0.183 e. The van der Waals surface area contributed by atoms with E-state index in [9.17, 15) is 9.50 Å². The number of ether oxygens (including phenoxy) is 1. The molecule has 3 heterocycles. The van der Waals surface area contributed by atoms with E-state index in [1.807, 2.05) is 25.4 Å². The highest BCUT2D eigenvalue weighted by atomic mass is 35.5. The van der Waals surface area contributed by atoms with E-state index < -0.39 is 11.9 Å². The number of halogens is 2. The van der Waals surface area contributed by atoms with Crippen LogP contribution in [-0.2, 0) is 6.54 Å². The molecule has 1 fully saturated rings. The maximum atomic E-state index is 14.3. The number of nitrogens with zero attached hydrogens (tertiary/aromatic N) is 5. The highest BCUT2D eigenvalue weighted by molar-refractivity contribution is 6.30. The number of rotatable bonds is 9. The van der Waals surface area contributed by atoms with Crippen LogP contribution in [0.3, 0.4) is 0 Å². The van der Waals surface area contributed by atoms with Crippen molar-refractivity contribution in [1.82, 2.24) is 24.5 Å². The molecule has 1 aromatic carbocycles. The average Bonchev–Trinajstić information content (AvgIpc) is 3.52. The molecule has 0 aliphatic heterocycles. The minimum absolute atomic E-state index is 0.0565. The molecule has 1 aliphatic carbocycles. The van der Waals surface area contributed by atoms with E-state index in [4.69, 9.17) is 26.5 Å². The van der Waals surface area contributed by atoms with E-state index in [-0.39, 0.29) is 36.1 Å². The van der Waals surface area contributed by atoms with E-state index in [0.29, 0.717) is 0 Å². The summed E-state index contributed by atoms with van der Waals surface area (Å²) in [4.78, 5) is 4.55. The van der Waals surface area contributed by atoms with Crippen molar-refractivity contribution in [2.45, 2.75) is 57.4 Å². The number of hydrogen-bond acceptors (Lipinski definition) is 7. The summed E-state index contributed by atoms with van der Waals surface area (Å²) in [6.07, 6.45) is 7.53. The van der Waals surface area contributed by atoms with Crippen molar-refractivity contribution in [3.63, 3.8) is 0 Å². The molecule has 0 saturated heterocycles. The molecule has 3 N–H and O–H groups in total. The van der Waals surface area contributed by atoms with Crippen LogP contribution in [0.4, 0.5) is 10.2 Å². The zero-order valence-electron chi connectivity index (χ0n) is 20.5. The van der Waals surface area contributed by atoms with Crippen LogP contribution < -0.4 is 10.1 Å². The molecule has 196 valence electrons. The van der Waals surface area contributed by atoms with Gasteiger partial charge in [0.1, 0.15) is 11.5 Å². The number of pyridine rings is 1. The molecule has 37 heavy (non-hydrogen) atoms. The van der Waals surface area contributed by atoms with Crippen LogP contribution in [0, 0.1) is 5.82 Å². The largest absolute Gasteiger partial charge is 0.487 e. The van der Waals surface area contributed by atoms with Gasteiger partial charge in [0.2, 0.25) is 0 Å². The summed E-state index contributed by atoms with van der Waals surface area (Å²) in [6, 6.07) is 6.96. The number of nitrogens with one attached hydrogen (secondary N) is 1. The normalized spacial score (nSPS) is 18.7. The Morgan fingerprint density at radius 1 is 1.24 bits per heavy atom. The zero-order valence-corrected chi connectivity index (χ0v) is 21.3. The molecule has 3 aromatic heterocycles. The molecule has 1 saturated carbocycles. The van der Waals surface area contributed by atoms with Gasteiger partial charge in [-0.3, -0.25) is 9.36 Å². The molecule has 0 spiro atoms. The summed E-state index contributed by atoms with van der Waals surface area (Å²) < 4.78 is 23.9. The average molecular weight is 529 g/mol. The van der Waals surface area contributed by atoms with Crippen molar-refractivity contribution in [2.24, 2.45) is 0 Å². The molecule has 4 aromatic rings. The second-order valence-corrected chi connectivity index (χ2v) is 9.71. The molecule has 0 bridgehead atoms. The lowest BCUT2D eigenvalue weighted by atomic mass is 9.93. The Balaban J connectivity index is 1.40. The van der Waals surface area contributed by atoms with Crippen LogP contribution in [0.2, 0.25) is 5.02 Å². The summed E-state index contributed by atoms with van der Waals surface area (Å²) in [5.74, 6) is 0.440. The number of aromatic nitrogens is 5. The van der Waals surface area contributed by atoms with Gasteiger partial charge in [-0.1, -0.05) is 17.7 Å². The van der Waals surface area contributed by atoms with Gasteiger partial charge in [0, 0.05) is 36.0 Å². The molecular formula is C26H30ClFN6O3. The van der Waals surface area contributed by atoms with Crippen LogP contribution in [0.1, 0.15) is 38.6 Å². The lowest BCUT2D eigenvalue weighted by Crippen LogP contribution is -2.26. The topological polar surface area (TPSA) is 110 Å². The van der Waals surface area contributed by atoms with Gasteiger partial charge >= 0.3 is 0 Å². The highest BCUT2D eigenvalue weighted by Gasteiger charge is 2.28. The fourth-order valence-electron chi connectivity index (χ4n) is 4.82. The molecule has 0 amide bonds. The first-order valence-corrected chi connectivity index (χ1v) is 12.9. The van der Waals surface area contributed by atoms with Crippen molar-refractivity contribution >= 4 is 28.3 Å². The van der Waals surface area contributed by atoms with E-state index in [1.165, 1.54) is 6.07 Å². The number of fused-ring (bicyclic) bond motifs is 1. The van der Waals surface area contributed by atoms with E-state index >= 15 is 0 Å². The first-order valence-electron chi connectivity index (χ1n) is 12.5. The van der Waals surface area contributed by atoms with Gasteiger partial charge in [0.05, 0.1) is 48.1 Å². The third kappa shape index (κ3) is 5.41. The second-order valence-electron chi connectivity index (χ2n) is 9.30. The van der Waals surface area contributed by atoms with Crippen LogP contribution in [0.5, 0.6) is 5.75 Å². The van der Waals surface area contributed by atoms with Gasteiger partial charge in [-0.2, -0.15) is 10.2 Å². The Hall–Kier alpha value is -3.21. The first kappa shape index (κ1) is 25.4. The number of hydrogen-bond donors (Lipinski definition) is 3. The van der Waals surface area contributed by atoms with Gasteiger partial charge in [0.15, 0.2) is 11.6 Å². The predicted molar refractivity (Wildman–Crippen MR) is 139 cm³/mol. The van der Waals surface area contributed by atoms with Crippen molar-refractivity contribution in [2.75, 3.05) is 18.5 Å². The van der Waals surface area contributed by atoms with Gasteiger partial charge < -0.3 is 20.3 Å². The SMILES string of the molecule is CCNc1cc2c(cn1)c(-c1cnn(C[C@@H](O)CO)c1)nn2C1CCC(Oc2cccc(Cl)c2F)CC1. The Morgan fingerprint density at radius 3 is 2.81 bits per heavy atom. The van der Waals surface area contributed by atoms with Crippen LogP contribution in [0.15, 0.2) is 42.9 Å². The van der Waals surface area contributed by atoms with Crippen LogP contribution in [0.25, 0.3) is 22.2 Å². The molecule has 0 unspecified atom stereocenters. The third-order valence-electron chi connectivity index (χ3n) is 6.66. The quantitative estimate of drug-likeness (QED) is 0.294. The van der Waals surface area contributed by atoms with Gasteiger partial charge in [-0.25, -0.2) is 9.37 Å². The molecular weight excluding hydrogens is 499 g/mol. The van der Waals surface area contributed by atoms with Gasteiger partial charge in [-0.15, -0.1) is 0 Å². The minimum Gasteiger partial charge on any atom is -0.487 e. The number of aliphatic hydroxyl groups is 2. The first-order chi connectivity index (χ1) is 18.0. The summed E-state index contributed by atoms with van der Waals surface area (Å²) >= 11 is 5.91. The Bertz CT molecular complexity index is 1370. The molecule has 5 rings (SSSR count). The summed E-state index contributed by atoms with van der Waals surface area (Å²) in [5.41, 5.74) is 2.53. The van der Waals surface area contributed by atoms with E-state index in [0.717, 1.165) is 60.2 Å². The minimum atomic E-state index is -0.885. The van der Waals surface area contributed by atoms with Crippen LogP contribution in [-0.4, -0.2) is 60.1 Å². The Kier molecular flexibility index (Phi) is 7.59. The lowest BCUT2D eigenvalue weighted by Gasteiger charge is -2.29. The van der Waals surface area contributed by atoms with Gasteiger partial charge in [-0.05, 0) is 44.7 Å². The second kappa shape index (κ2) is 11.0. The monoisotopic (exact) mass is 528 g/mol. The van der Waals surface area contributed by atoms with Crippen molar-refractivity contribution in [3.05, 3.63) is 53.7 Å². The Labute approximate surface area is 218 Å². The van der Waals surface area contributed by atoms with Crippen LogP contribution >= 0.6 is 11.6 Å². The highest BCUT2D eigenvalue weighted by Crippen LogP contribution is 2.37. The van der Waals surface area contributed by atoms with E-state index in [2.05, 4.69) is 20.1 Å². The molecule has 9 nitrogen and oxygen atoms in total. The van der Waals surface area contributed by atoms with Crippen molar-refractivity contribution in [1.29, 1.82) is 0 Å². The summed E-state index contributed by atoms with van der Waals surface area (Å²) in [6.45, 7) is 2.63. The fourth-order valence-corrected chi connectivity index (χ4v) is 4.99. The zero-order chi connectivity index (χ0) is 25.9. The van der Waals surface area contributed by atoms with Gasteiger partial charge in [0.25, 0.3) is 0 Å². The molecule has 1 aliphatic rings. The number of benzene rings is 1. The predicted octanol–water partition coefficient (Wildman–Crippen LogP) is 4.44. The molecule has 1 atom stereocenters. The summed E-state index contributed by atoms with van der Waals surface area (Å²) in [7, 11) is 0. The molecule has 11 heteroatoms. The maximum absolute atomic E-state index is 14.3. The lowest BCUT2D eigenvalue weighted by molar-refractivity contribution is 0.0783. The summed E-state index contributed by atoms with van der Waals surface area (Å²) in [5, 5.41) is 32.5. The van der Waals surface area contributed by atoms with Crippen molar-refractivity contribution < 1.29 is 19.3 Å². The standard InChI is InChI=1S/C26H30ClFN6O3/c1-2-29-24-10-22-20(12-30-24)26(16-11-31-33(13-16)14-18(36)15-35)32-34(22)17-6-8-19(9-7-17)37-23-5-3-4-21(27)25(23)28/h3-5,10-13,17-19,35-36H,2,6-9,14-15H2,1H3,(H,29,30)/t17?,18-,19?/m1/s1. The Morgan fingerprint density at radius 2 is 2.05 bits per heavy atom. The molecule has 0 radical (unpaired) electrons. The van der Waals surface area contributed by atoms with E-state index in [1.54, 1.807) is 23.0 Å². The van der Waals surface area contributed by atoms with Crippen molar-refractivity contribution in [3.8, 4) is 17.0 Å². The third-order valence-corrected chi connectivity index (χ3v) is 6.96. The fraction of sp³-hybridized carbons (Fsp3) is 0.423. The number of anilines is 1.